The van der Waals surface area contributed by atoms with Crippen molar-refractivity contribution in [3.63, 3.8) is 0 Å². The van der Waals surface area contributed by atoms with Crippen molar-refractivity contribution in [3.8, 4) is 16.9 Å². The minimum Gasteiger partial charge on any atom is -0.296 e. The second-order valence-electron chi connectivity index (χ2n) is 7.43. The molecule has 1 aliphatic heterocycles. The summed E-state index contributed by atoms with van der Waals surface area (Å²) in [6.07, 6.45) is 2.30. The number of nitrogens with zero attached hydrogens (tertiary/aromatic N) is 4. The maximum Gasteiger partial charge on any atom is 0.286 e. The molecule has 2 aromatic heterocycles. The fourth-order valence-electron chi connectivity index (χ4n) is 4.14. The second-order valence-corrected chi connectivity index (χ2v) is 7.43. The van der Waals surface area contributed by atoms with Gasteiger partial charge in [-0.3, -0.25) is 4.57 Å². The Balaban J connectivity index is 1.89. The molecule has 0 bridgehead atoms. The van der Waals surface area contributed by atoms with E-state index in [0.717, 1.165) is 56.2 Å². The fraction of sp³-hybridized carbons (Fsp3) is 0.261. The summed E-state index contributed by atoms with van der Waals surface area (Å²) >= 11 is 0. The molecule has 4 aromatic rings. The summed E-state index contributed by atoms with van der Waals surface area (Å²) in [4.78, 5) is 9.21. The van der Waals surface area contributed by atoms with Crippen LogP contribution in [0, 0.1) is 27.6 Å². The number of rotatable bonds is 1. The predicted molar refractivity (Wildman–Crippen MR) is 107 cm³/mol. The van der Waals surface area contributed by atoms with Crippen molar-refractivity contribution in [1.82, 2.24) is 14.5 Å². The molecule has 27 heavy (non-hydrogen) atoms. The van der Waals surface area contributed by atoms with Gasteiger partial charge in [0.2, 0.25) is 0 Å². The van der Waals surface area contributed by atoms with Gasteiger partial charge in [0, 0.05) is 29.1 Å². The van der Waals surface area contributed by atoms with E-state index in [2.05, 4.69) is 34.7 Å². The summed E-state index contributed by atoms with van der Waals surface area (Å²) < 4.78 is 28.9. The summed E-state index contributed by atoms with van der Waals surface area (Å²) in [6, 6.07) is 10.3. The number of hydrogen-bond acceptors (Lipinski definition) is 2. The van der Waals surface area contributed by atoms with Crippen LogP contribution in [0.25, 0.3) is 28.0 Å². The molecule has 1 aliphatic rings. The number of aromatic nitrogens is 4. The zero-order valence-electron chi connectivity index (χ0n) is 19.0. The normalized spacial score (nSPS) is 14.6. The summed E-state index contributed by atoms with van der Waals surface area (Å²) in [5.41, 5.74) is 8.87. The molecule has 0 spiro atoms. The lowest BCUT2D eigenvalue weighted by Crippen LogP contribution is -2.31. The van der Waals surface area contributed by atoms with Gasteiger partial charge in [0.15, 0.2) is 5.69 Å². The number of hydrogen-bond donors (Lipinski definition) is 0. The molecule has 3 heterocycles. The highest BCUT2D eigenvalue weighted by Gasteiger charge is 2.27. The highest BCUT2D eigenvalue weighted by Crippen LogP contribution is 2.39. The number of imidazole rings is 1. The number of aryl methyl sites for hydroxylation is 3. The van der Waals surface area contributed by atoms with Crippen LogP contribution in [0.5, 0.6) is 0 Å². The molecule has 0 radical (unpaired) electrons. The summed E-state index contributed by atoms with van der Waals surface area (Å²) in [6.45, 7) is 3.71. The molecule has 2 aromatic carbocycles. The van der Waals surface area contributed by atoms with Crippen LogP contribution in [0.15, 0.2) is 36.7 Å². The van der Waals surface area contributed by atoms with Crippen LogP contribution >= 0.6 is 0 Å². The van der Waals surface area contributed by atoms with Crippen molar-refractivity contribution < 1.29 is 8.68 Å². The Morgan fingerprint density at radius 2 is 2.00 bits per heavy atom. The van der Waals surface area contributed by atoms with Gasteiger partial charge >= 0.3 is 0 Å². The Bertz CT molecular complexity index is 1350. The highest BCUT2D eigenvalue weighted by atomic mass is 15.1. The van der Waals surface area contributed by atoms with Crippen molar-refractivity contribution in [1.29, 1.82) is 0 Å². The molecule has 134 valence electrons. The van der Waals surface area contributed by atoms with Gasteiger partial charge in [0.25, 0.3) is 6.33 Å². The SMILES string of the molecule is [2H]C([2H])([2H])c1c(C)c(-c2cc(C)nc[n+]2C)cc2c1Cc1nc3c(C)cccc3n1-2. The third kappa shape index (κ3) is 2.19. The van der Waals surface area contributed by atoms with E-state index in [1.54, 1.807) is 6.33 Å². The van der Waals surface area contributed by atoms with Gasteiger partial charge in [-0.05, 0) is 55.1 Å². The number of benzene rings is 2. The highest BCUT2D eigenvalue weighted by molar-refractivity contribution is 5.84. The van der Waals surface area contributed by atoms with Crippen molar-refractivity contribution in [2.75, 3.05) is 0 Å². The molecule has 0 saturated heterocycles. The third-order valence-corrected chi connectivity index (χ3v) is 5.64. The molecular formula is C23H23N4+. The fourth-order valence-corrected chi connectivity index (χ4v) is 4.14. The lowest BCUT2D eigenvalue weighted by atomic mass is 9.93. The summed E-state index contributed by atoms with van der Waals surface area (Å²) in [5.74, 6) is 0.895. The van der Waals surface area contributed by atoms with E-state index in [4.69, 9.17) is 9.10 Å². The van der Waals surface area contributed by atoms with Gasteiger partial charge in [-0.25, -0.2) is 9.55 Å². The van der Waals surface area contributed by atoms with Crippen LogP contribution in [0.4, 0.5) is 0 Å². The smallest absolute Gasteiger partial charge is 0.286 e. The standard InChI is InChI=1S/C23H23N4/c1-13-7-6-8-19-23(13)25-22-11-18-16(4)15(3)17(10-21(18)27(19)22)20-9-14(2)24-12-26(20)5/h6-10,12H,11H2,1-5H3/q+1/i4D3. The van der Waals surface area contributed by atoms with Crippen molar-refractivity contribution in [3.05, 3.63) is 70.4 Å². The van der Waals surface area contributed by atoms with Crippen LogP contribution in [-0.4, -0.2) is 14.5 Å². The van der Waals surface area contributed by atoms with E-state index in [9.17, 15) is 0 Å². The lowest BCUT2D eigenvalue weighted by molar-refractivity contribution is -0.663. The van der Waals surface area contributed by atoms with Gasteiger partial charge in [0.1, 0.15) is 11.5 Å². The first kappa shape index (κ1) is 13.2. The van der Waals surface area contributed by atoms with Crippen LogP contribution in [0.2, 0.25) is 0 Å². The average molecular weight is 358 g/mol. The maximum atomic E-state index is 8.28. The molecule has 4 nitrogen and oxygen atoms in total. The van der Waals surface area contributed by atoms with Gasteiger partial charge in [-0.15, -0.1) is 0 Å². The van der Waals surface area contributed by atoms with Crippen LogP contribution in [0.1, 0.15) is 37.9 Å². The topological polar surface area (TPSA) is 34.6 Å². The van der Waals surface area contributed by atoms with E-state index < -0.39 is 6.85 Å². The van der Waals surface area contributed by atoms with Gasteiger partial charge in [-0.2, -0.15) is 0 Å². The molecular weight excluding hydrogens is 332 g/mol. The minimum atomic E-state index is -2.21. The van der Waals surface area contributed by atoms with E-state index in [-0.39, 0.29) is 0 Å². The second kappa shape index (κ2) is 5.49. The Morgan fingerprint density at radius 1 is 1.15 bits per heavy atom. The Labute approximate surface area is 163 Å². The zero-order valence-corrected chi connectivity index (χ0v) is 16.0. The van der Waals surface area contributed by atoms with Crippen LogP contribution < -0.4 is 4.57 Å². The van der Waals surface area contributed by atoms with E-state index in [1.807, 2.05) is 37.6 Å². The monoisotopic (exact) mass is 358 g/mol. The van der Waals surface area contributed by atoms with E-state index in [0.29, 0.717) is 12.0 Å². The molecule has 0 unspecified atom stereocenters. The van der Waals surface area contributed by atoms with E-state index in [1.165, 1.54) is 0 Å². The lowest BCUT2D eigenvalue weighted by Gasteiger charge is -2.15. The largest absolute Gasteiger partial charge is 0.296 e. The van der Waals surface area contributed by atoms with E-state index >= 15 is 0 Å². The molecule has 0 N–H and O–H groups in total. The quantitative estimate of drug-likeness (QED) is 0.424. The molecule has 0 saturated carbocycles. The Hall–Kier alpha value is -3.01. The molecule has 0 aliphatic carbocycles. The first-order valence-corrected chi connectivity index (χ1v) is 9.13. The maximum absolute atomic E-state index is 8.28. The van der Waals surface area contributed by atoms with Gasteiger partial charge in [0.05, 0.1) is 23.8 Å². The van der Waals surface area contributed by atoms with Crippen molar-refractivity contribution in [2.24, 2.45) is 7.05 Å². The molecule has 5 rings (SSSR count). The molecule has 0 atom stereocenters. The number of fused-ring (bicyclic) bond motifs is 5. The molecule has 4 heteroatoms. The van der Waals surface area contributed by atoms with Crippen molar-refractivity contribution >= 4 is 11.0 Å². The van der Waals surface area contributed by atoms with Crippen LogP contribution in [0.3, 0.4) is 0 Å². The molecule has 0 fully saturated rings. The zero-order chi connectivity index (χ0) is 21.4. The van der Waals surface area contributed by atoms with Gasteiger partial charge in [-0.1, -0.05) is 17.1 Å². The summed E-state index contributed by atoms with van der Waals surface area (Å²) in [5, 5.41) is 0. The predicted octanol–water partition coefficient (Wildman–Crippen LogP) is 4.05. The average Bonchev–Trinajstić information content (AvgIpc) is 3.19. The first-order chi connectivity index (χ1) is 14.2. The first-order valence-electron chi connectivity index (χ1n) is 10.6. The van der Waals surface area contributed by atoms with Gasteiger partial charge < -0.3 is 0 Å². The minimum absolute atomic E-state index is 0.441. The Kier molecular flexibility index (Phi) is 2.69. The van der Waals surface area contributed by atoms with Crippen LogP contribution in [-0.2, 0) is 13.5 Å². The van der Waals surface area contributed by atoms with Crippen molar-refractivity contribution in [2.45, 2.75) is 34.0 Å². The summed E-state index contributed by atoms with van der Waals surface area (Å²) in [7, 11) is 1.94. The third-order valence-electron chi connectivity index (χ3n) is 5.64. The molecule has 0 amide bonds. The Morgan fingerprint density at radius 3 is 2.81 bits per heavy atom. The number of para-hydroxylation sites is 1.